The van der Waals surface area contributed by atoms with Crippen LogP contribution >= 0.6 is 0 Å². The zero-order valence-corrected chi connectivity index (χ0v) is 9.91. The average molecular weight is 254 g/mol. The third-order valence-electron chi connectivity index (χ3n) is 2.84. The Morgan fingerprint density at radius 3 is 2.56 bits per heavy atom. The van der Waals surface area contributed by atoms with E-state index in [0.29, 0.717) is 0 Å². The number of para-hydroxylation sites is 1. The third kappa shape index (κ3) is 1.96. The van der Waals surface area contributed by atoms with Crippen molar-refractivity contribution in [2.45, 2.75) is 25.7 Å². The smallest absolute Gasteiger partial charge is 0.343 e. The number of alkyl halides is 2. The number of rotatable bonds is 1. The first kappa shape index (κ1) is 12.5. The number of esters is 1. The van der Waals surface area contributed by atoms with Gasteiger partial charge in [-0.2, -0.15) is 0 Å². The second-order valence-corrected chi connectivity index (χ2v) is 4.32. The Labute approximate surface area is 103 Å². The van der Waals surface area contributed by atoms with Gasteiger partial charge in [0.2, 0.25) is 0 Å². The highest BCUT2D eigenvalue weighted by molar-refractivity contribution is 5.95. The van der Waals surface area contributed by atoms with Gasteiger partial charge in [0.25, 0.3) is 5.92 Å². The molecule has 0 saturated heterocycles. The van der Waals surface area contributed by atoms with Gasteiger partial charge in [0.05, 0.1) is 11.5 Å². The maximum atomic E-state index is 13.7. The average Bonchev–Trinajstić information content (AvgIpc) is 2.25. The Kier molecular flexibility index (Phi) is 2.84. The van der Waals surface area contributed by atoms with Crippen molar-refractivity contribution in [2.75, 3.05) is 0 Å². The van der Waals surface area contributed by atoms with Gasteiger partial charge in [-0.25, -0.2) is 13.6 Å². The van der Waals surface area contributed by atoms with Crippen LogP contribution in [0, 0.1) is 0 Å². The first-order valence-corrected chi connectivity index (χ1v) is 5.41. The van der Waals surface area contributed by atoms with Crippen molar-refractivity contribution in [3.63, 3.8) is 0 Å². The molecule has 1 aromatic rings. The fourth-order valence-electron chi connectivity index (χ4n) is 2.12. The number of aliphatic hydroxyl groups excluding tert-OH is 1. The Morgan fingerprint density at radius 1 is 1.39 bits per heavy atom. The molecule has 1 aliphatic rings. The van der Waals surface area contributed by atoms with Crippen LogP contribution < -0.4 is 4.74 Å². The van der Waals surface area contributed by atoms with E-state index in [1.54, 1.807) is 12.1 Å². The number of aliphatic hydroxyl groups is 1. The molecule has 1 N–H and O–H groups in total. The lowest BCUT2D eigenvalue weighted by molar-refractivity contribution is -0.133. The molecule has 96 valence electrons. The van der Waals surface area contributed by atoms with Gasteiger partial charge in [0, 0.05) is 12.5 Å². The van der Waals surface area contributed by atoms with Gasteiger partial charge in [0.1, 0.15) is 11.5 Å². The highest BCUT2D eigenvalue weighted by Gasteiger charge is 2.46. The van der Waals surface area contributed by atoms with Gasteiger partial charge in [0.15, 0.2) is 0 Å². The van der Waals surface area contributed by atoms with Crippen LogP contribution in [0.3, 0.4) is 0 Å². The van der Waals surface area contributed by atoms with E-state index in [2.05, 4.69) is 0 Å². The summed E-state index contributed by atoms with van der Waals surface area (Å²) in [6.07, 6.45) is 0. The number of benzene rings is 1. The summed E-state index contributed by atoms with van der Waals surface area (Å²) in [6.45, 7) is 1.92. The van der Waals surface area contributed by atoms with Crippen LogP contribution in [-0.4, -0.2) is 17.0 Å². The van der Waals surface area contributed by atoms with Crippen molar-refractivity contribution in [3.8, 4) is 5.75 Å². The summed E-state index contributed by atoms with van der Waals surface area (Å²) in [5.74, 6) is -5.92. The molecule has 1 aromatic carbocycles. The Morgan fingerprint density at radius 2 is 2.00 bits per heavy atom. The molecule has 18 heavy (non-hydrogen) atoms. The minimum absolute atomic E-state index is 0.110. The minimum Gasteiger partial charge on any atom is -0.512 e. The second kappa shape index (κ2) is 4.08. The van der Waals surface area contributed by atoms with E-state index < -0.39 is 23.6 Å². The first-order valence-electron chi connectivity index (χ1n) is 5.41. The maximum absolute atomic E-state index is 13.7. The number of carbonyl (C=O) groups excluding carboxylic acids is 1. The first-order chi connectivity index (χ1) is 8.32. The molecule has 0 fully saturated rings. The van der Waals surface area contributed by atoms with E-state index in [9.17, 15) is 18.7 Å². The monoisotopic (exact) mass is 254 g/mol. The van der Waals surface area contributed by atoms with Crippen molar-refractivity contribution in [2.24, 2.45) is 0 Å². The van der Waals surface area contributed by atoms with E-state index in [4.69, 9.17) is 4.74 Å². The van der Waals surface area contributed by atoms with E-state index in [1.165, 1.54) is 19.1 Å². The molecule has 5 heteroatoms. The normalized spacial score (nSPS) is 22.2. The van der Waals surface area contributed by atoms with Gasteiger partial charge in [-0.1, -0.05) is 18.2 Å². The van der Waals surface area contributed by atoms with Crippen LogP contribution in [0.5, 0.6) is 5.75 Å². The highest BCUT2D eigenvalue weighted by atomic mass is 19.3. The molecule has 3 nitrogen and oxygen atoms in total. The van der Waals surface area contributed by atoms with E-state index in [-0.39, 0.29) is 16.9 Å². The Balaban J connectivity index is 2.69. The fraction of sp³-hybridized carbons (Fsp3) is 0.308. The standard InChI is InChI=1S/C13H12F2O3/c1-7(16)10-11(13(2,14)15)8-5-3-4-6-9(8)18-12(10)17/h3-6,11,16H,1-2H3/b10-7+. The molecule has 1 atom stereocenters. The lowest BCUT2D eigenvalue weighted by atomic mass is 9.83. The molecular formula is C13H12F2O3. The largest absolute Gasteiger partial charge is 0.512 e. The number of fused-ring (bicyclic) bond motifs is 1. The Hall–Kier alpha value is -1.91. The molecule has 0 saturated carbocycles. The summed E-state index contributed by atoms with van der Waals surface area (Å²) in [7, 11) is 0. The predicted molar refractivity (Wildman–Crippen MR) is 60.8 cm³/mol. The van der Waals surface area contributed by atoms with Crippen LogP contribution in [0.15, 0.2) is 35.6 Å². The van der Waals surface area contributed by atoms with Crippen molar-refractivity contribution in [1.82, 2.24) is 0 Å². The topological polar surface area (TPSA) is 46.5 Å². The lowest BCUT2D eigenvalue weighted by Crippen LogP contribution is -2.34. The highest BCUT2D eigenvalue weighted by Crippen LogP contribution is 2.46. The summed E-state index contributed by atoms with van der Waals surface area (Å²) in [5, 5.41) is 9.45. The van der Waals surface area contributed by atoms with Gasteiger partial charge >= 0.3 is 5.97 Å². The lowest BCUT2D eigenvalue weighted by Gasteiger charge is -2.31. The summed E-state index contributed by atoms with van der Waals surface area (Å²) < 4.78 is 32.4. The van der Waals surface area contributed by atoms with Crippen molar-refractivity contribution >= 4 is 5.97 Å². The molecule has 0 aromatic heterocycles. The van der Waals surface area contributed by atoms with Crippen LogP contribution in [0.25, 0.3) is 0 Å². The second-order valence-electron chi connectivity index (χ2n) is 4.32. The van der Waals surface area contributed by atoms with Crippen molar-refractivity contribution < 1.29 is 23.4 Å². The number of halogens is 2. The van der Waals surface area contributed by atoms with Gasteiger partial charge in [-0.15, -0.1) is 0 Å². The Bertz CT molecular complexity index is 525. The number of hydrogen-bond donors (Lipinski definition) is 1. The zero-order valence-electron chi connectivity index (χ0n) is 9.91. The van der Waals surface area contributed by atoms with E-state index in [0.717, 1.165) is 6.92 Å². The van der Waals surface area contributed by atoms with Gasteiger partial charge in [-0.3, -0.25) is 0 Å². The number of carbonyl (C=O) groups is 1. The van der Waals surface area contributed by atoms with Gasteiger partial charge in [-0.05, 0) is 13.0 Å². The predicted octanol–water partition coefficient (Wildman–Crippen LogP) is 3.18. The van der Waals surface area contributed by atoms with Crippen LogP contribution in [0.1, 0.15) is 25.3 Å². The molecule has 2 rings (SSSR count). The molecule has 0 radical (unpaired) electrons. The summed E-state index contributed by atoms with van der Waals surface area (Å²) in [6, 6.07) is 6.10. The minimum atomic E-state index is -3.17. The molecular weight excluding hydrogens is 242 g/mol. The zero-order chi connectivity index (χ0) is 13.5. The molecule has 0 aliphatic carbocycles. The van der Waals surface area contributed by atoms with Crippen LogP contribution in [-0.2, 0) is 4.79 Å². The maximum Gasteiger partial charge on any atom is 0.343 e. The molecule has 1 unspecified atom stereocenters. The summed E-state index contributed by atoms with van der Waals surface area (Å²) in [4.78, 5) is 11.7. The van der Waals surface area contributed by atoms with Crippen molar-refractivity contribution in [3.05, 3.63) is 41.2 Å². The SMILES string of the molecule is C/C(O)=C1\C(=O)Oc2ccccc2C1C(C)(F)F. The number of hydrogen-bond acceptors (Lipinski definition) is 3. The molecule has 0 spiro atoms. The van der Waals surface area contributed by atoms with E-state index in [1.807, 2.05) is 0 Å². The quantitative estimate of drug-likeness (QED) is 0.362. The third-order valence-corrected chi connectivity index (χ3v) is 2.84. The van der Waals surface area contributed by atoms with Gasteiger partial charge < -0.3 is 9.84 Å². The van der Waals surface area contributed by atoms with Crippen LogP contribution in [0.4, 0.5) is 8.78 Å². The van der Waals surface area contributed by atoms with Crippen LogP contribution in [0.2, 0.25) is 0 Å². The number of ether oxygens (including phenoxy) is 1. The molecule has 0 amide bonds. The molecule has 1 aliphatic heterocycles. The van der Waals surface area contributed by atoms with Crippen molar-refractivity contribution in [1.29, 1.82) is 0 Å². The fourth-order valence-corrected chi connectivity index (χ4v) is 2.12. The summed E-state index contributed by atoms with van der Waals surface area (Å²) >= 11 is 0. The number of allylic oxidation sites excluding steroid dienone is 1. The molecule has 0 bridgehead atoms. The summed E-state index contributed by atoms with van der Waals surface area (Å²) in [5.41, 5.74) is -0.186. The molecule has 1 heterocycles. The van der Waals surface area contributed by atoms with E-state index >= 15 is 0 Å².